The molecule has 0 radical (unpaired) electrons. The number of hydrogen-bond donors (Lipinski definition) is 2. The van der Waals surface area contributed by atoms with Crippen LogP contribution < -0.4 is 5.32 Å². The average Bonchev–Trinajstić information content (AvgIpc) is 2.46. The van der Waals surface area contributed by atoms with Crippen LogP contribution in [-0.2, 0) is 0 Å². The fourth-order valence-corrected chi connectivity index (χ4v) is 2.32. The molecule has 2 N–H and O–H groups in total. The monoisotopic (exact) mass is 291 g/mol. The van der Waals surface area contributed by atoms with E-state index in [0.717, 1.165) is 12.8 Å². The predicted octanol–water partition coefficient (Wildman–Crippen LogP) is 2.72. The summed E-state index contributed by atoms with van der Waals surface area (Å²) >= 11 is 0. The summed E-state index contributed by atoms with van der Waals surface area (Å²) in [5, 5.41) is 11.5. The Morgan fingerprint density at radius 2 is 2.05 bits per heavy atom. The van der Waals surface area contributed by atoms with Crippen molar-refractivity contribution in [3.05, 3.63) is 35.1 Å². The lowest BCUT2D eigenvalue weighted by molar-refractivity contribution is 0.0921. The molecule has 0 aliphatic rings. The first-order valence-corrected chi connectivity index (χ1v) is 7.23. The van der Waals surface area contributed by atoms with Crippen LogP contribution in [0.1, 0.15) is 49.5 Å². The number of halogens is 1. The second kappa shape index (κ2) is 8.43. The Hall–Kier alpha value is -1.86. The summed E-state index contributed by atoms with van der Waals surface area (Å²) in [5.41, 5.74) is 0.452. The Morgan fingerprint density at radius 1 is 1.38 bits per heavy atom. The van der Waals surface area contributed by atoms with E-state index < -0.39 is 11.7 Å². The van der Waals surface area contributed by atoms with Crippen LogP contribution in [0.15, 0.2) is 18.2 Å². The molecule has 1 aromatic carbocycles. The maximum absolute atomic E-state index is 14.0. The number of aliphatic hydroxyl groups is 1. The largest absolute Gasteiger partial charge is 0.384 e. The van der Waals surface area contributed by atoms with Gasteiger partial charge in [-0.25, -0.2) is 4.39 Å². The van der Waals surface area contributed by atoms with Gasteiger partial charge in [0.25, 0.3) is 5.91 Å². The molecule has 1 aromatic rings. The summed E-state index contributed by atoms with van der Waals surface area (Å²) in [7, 11) is 0. The van der Waals surface area contributed by atoms with E-state index >= 15 is 0 Å². The van der Waals surface area contributed by atoms with Crippen LogP contribution in [0.25, 0.3) is 0 Å². The van der Waals surface area contributed by atoms with Gasteiger partial charge in [0.05, 0.1) is 5.56 Å². The van der Waals surface area contributed by atoms with Gasteiger partial charge >= 0.3 is 0 Å². The van der Waals surface area contributed by atoms with Crippen molar-refractivity contribution in [3.63, 3.8) is 0 Å². The summed E-state index contributed by atoms with van der Waals surface area (Å²) in [4.78, 5) is 12.1. The van der Waals surface area contributed by atoms with E-state index in [1.165, 1.54) is 12.1 Å². The second-order valence-electron chi connectivity index (χ2n) is 4.99. The third-order valence-corrected chi connectivity index (χ3v) is 3.64. The van der Waals surface area contributed by atoms with E-state index in [9.17, 15) is 9.18 Å². The number of rotatable bonds is 5. The third kappa shape index (κ3) is 4.87. The number of benzene rings is 1. The molecule has 0 bridgehead atoms. The van der Waals surface area contributed by atoms with Gasteiger partial charge in [-0.1, -0.05) is 38.5 Å². The summed E-state index contributed by atoms with van der Waals surface area (Å²) in [6.45, 7) is 5.81. The Balaban J connectivity index is 2.83. The molecular formula is C17H22FNO2. The number of carbonyl (C=O) groups is 1. The van der Waals surface area contributed by atoms with E-state index in [4.69, 9.17) is 5.11 Å². The van der Waals surface area contributed by atoms with Crippen molar-refractivity contribution in [2.75, 3.05) is 6.61 Å². The van der Waals surface area contributed by atoms with Crippen molar-refractivity contribution in [1.29, 1.82) is 0 Å². The zero-order valence-electron chi connectivity index (χ0n) is 12.7. The fourth-order valence-electron chi connectivity index (χ4n) is 2.32. The van der Waals surface area contributed by atoms with Crippen molar-refractivity contribution in [2.24, 2.45) is 5.92 Å². The quantitative estimate of drug-likeness (QED) is 0.820. The van der Waals surface area contributed by atoms with Crippen LogP contribution in [-0.4, -0.2) is 23.7 Å². The molecule has 0 spiro atoms. The molecule has 21 heavy (non-hydrogen) atoms. The Bertz CT molecular complexity index is 541. The lowest BCUT2D eigenvalue weighted by Crippen LogP contribution is -2.38. The van der Waals surface area contributed by atoms with Gasteiger partial charge < -0.3 is 10.4 Å². The minimum Gasteiger partial charge on any atom is -0.384 e. The predicted molar refractivity (Wildman–Crippen MR) is 81.4 cm³/mol. The Kier molecular flexibility index (Phi) is 6.90. The Labute approximate surface area is 125 Å². The maximum atomic E-state index is 14.0. The maximum Gasteiger partial charge on any atom is 0.254 e. The highest BCUT2D eigenvalue weighted by Gasteiger charge is 2.18. The van der Waals surface area contributed by atoms with E-state index in [-0.39, 0.29) is 18.2 Å². The normalized spacial score (nSPS) is 11.7. The lowest BCUT2D eigenvalue weighted by Gasteiger charge is -2.22. The SMILES string of the molecule is CCC(CC)C(C)NC(=O)c1ccc(C#CCO)cc1F. The first-order chi connectivity index (χ1) is 10.0. The molecule has 4 heteroatoms. The number of hydrogen-bond acceptors (Lipinski definition) is 2. The summed E-state index contributed by atoms with van der Waals surface area (Å²) < 4.78 is 14.0. The van der Waals surface area contributed by atoms with Crippen LogP contribution in [0.5, 0.6) is 0 Å². The van der Waals surface area contributed by atoms with Gasteiger partial charge in [-0.3, -0.25) is 4.79 Å². The molecule has 0 aliphatic carbocycles. The molecule has 0 saturated heterocycles. The van der Waals surface area contributed by atoms with Crippen molar-refractivity contribution in [2.45, 2.75) is 39.7 Å². The molecule has 0 aromatic heterocycles. The van der Waals surface area contributed by atoms with Gasteiger partial charge in [-0.05, 0) is 31.0 Å². The van der Waals surface area contributed by atoms with Crippen LogP contribution >= 0.6 is 0 Å². The van der Waals surface area contributed by atoms with E-state index in [1.807, 2.05) is 6.92 Å². The first kappa shape index (κ1) is 17.2. The van der Waals surface area contributed by atoms with E-state index in [0.29, 0.717) is 11.5 Å². The number of aliphatic hydroxyl groups excluding tert-OH is 1. The molecule has 1 unspecified atom stereocenters. The van der Waals surface area contributed by atoms with Crippen LogP contribution in [0, 0.1) is 23.6 Å². The van der Waals surface area contributed by atoms with Crippen LogP contribution in [0.3, 0.4) is 0 Å². The standard InChI is InChI=1S/C17H22FNO2/c1-4-14(5-2)12(3)19-17(21)15-9-8-13(7-6-10-20)11-16(15)18/h8-9,11-12,14,20H,4-5,10H2,1-3H3,(H,19,21). The van der Waals surface area contributed by atoms with Crippen molar-refractivity contribution < 1.29 is 14.3 Å². The van der Waals surface area contributed by atoms with Crippen molar-refractivity contribution >= 4 is 5.91 Å². The van der Waals surface area contributed by atoms with Gasteiger partial charge in [0.15, 0.2) is 0 Å². The van der Waals surface area contributed by atoms with Crippen LogP contribution in [0.2, 0.25) is 0 Å². The van der Waals surface area contributed by atoms with Gasteiger partial charge in [0.1, 0.15) is 12.4 Å². The molecule has 114 valence electrons. The summed E-state index contributed by atoms with van der Waals surface area (Å²) in [6.07, 6.45) is 1.94. The van der Waals surface area contributed by atoms with Gasteiger partial charge in [0.2, 0.25) is 0 Å². The molecule has 3 nitrogen and oxygen atoms in total. The Morgan fingerprint density at radius 3 is 2.57 bits per heavy atom. The van der Waals surface area contributed by atoms with Crippen molar-refractivity contribution in [1.82, 2.24) is 5.32 Å². The topological polar surface area (TPSA) is 49.3 Å². The zero-order valence-corrected chi connectivity index (χ0v) is 12.7. The first-order valence-electron chi connectivity index (χ1n) is 7.23. The molecule has 1 amide bonds. The fraction of sp³-hybridized carbons (Fsp3) is 0.471. The smallest absolute Gasteiger partial charge is 0.254 e. The highest BCUT2D eigenvalue weighted by molar-refractivity contribution is 5.94. The lowest BCUT2D eigenvalue weighted by atomic mass is 9.95. The highest BCUT2D eigenvalue weighted by atomic mass is 19.1. The van der Waals surface area contributed by atoms with Crippen LogP contribution in [0.4, 0.5) is 4.39 Å². The molecule has 0 fully saturated rings. The minimum atomic E-state index is -0.603. The third-order valence-electron chi connectivity index (χ3n) is 3.64. The minimum absolute atomic E-state index is 0.000701. The average molecular weight is 291 g/mol. The molecular weight excluding hydrogens is 269 g/mol. The van der Waals surface area contributed by atoms with Crippen molar-refractivity contribution in [3.8, 4) is 11.8 Å². The second-order valence-corrected chi connectivity index (χ2v) is 4.99. The number of carbonyl (C=O) groups excluding carboxylic acids is 1. The molecule has 1 atom stereocenters. The molecule has 0 saturated carbocycles. The number of amides is 1. The summed E-state index contributed by atoms with van der Waals surface area (Å²) in [5.74, 6) is 4.42. The highest BCUT2D eigenvalue weighted by Crippen LogP contribution is 2.15. The van der Waals surface area contributed by atoms with E-state index in [2.05, 4.69) is 31.0 Å². The zero-order chi connectivity index (χ0) is 15.8. The van der Waals surface area contributed by atoms with E-state index in [1.54, 1.807) is 6.07 Å². The number of nitrogens with one attached hydrogen (secondary N) is 1. The van der Waals surface area contributed by atoms with Gasteiger partial charge in [0, 0.05) is 11.6 Å². The molecule has 1 rings (SSSR count). The van der Waals surface area contributed by atoms with Gasteiger partial charge in [-0.2, -0.15) is 0 Å². The van der Waals surface area contributed by atoms with Gasteiger partial charge in [-0.15, -0.1) is 0 Å². The summed E-state index contributed by atoms with van der Waals surface area (Å²) in [6, 6.07) is 4.20. The molecule has 0 aliphatic heterocycles. The molecule has 0 heterocycles.